The van der Waals surface area contributed by atoms with Gasteiger partial charge in [0.1, 0.15) is 12.4 Å². The molecule has 0 aliphatic heterocycles. The molecule has 1 atom stereocenters. The lowest BCUT2D eigenvalue weighted by molar-refractivity contribution is -0.117. The number of hydrogen-bond donors (Lipinski definition) is 1. The van der Waals surface area contributed by atoms with Gasteiger partial charge in [0.25, 0.3) is 0 Å². The van der Waals surface area contributed by atoms with Crippen molar-refractivity contribution in [2.24, 2.45) is 0 Å². The minimum absolute atomic E-state index is 0.122. The van der Waals surface area contributed by atoms with Crippen LogP contribution in [0.2, 0.25) is 0 Å². The Hall–Kier alpha value is -3.71. The number of hydrogen-bond acceptors (Lipinski definition) is 5. The van der Waals surface area contributed by atoms with E-state index in [4.69, 9.17) is 4.74 Å². The number of carbonyl (C=O) groups is 1. The van der Waals surface area contributed by atoms with Gasteiger partial charge in [-0.15, -0.1) is 11.3 Å². The van der Waals surface area contributed by atoms with Crippen LogP contribution in [0.3, 0.4) is 0 Å². The lowest BCUT2D eigenvalue weighted by atomic mass is 10.1. The Bertz CT molecular complexity index is 1200. The van der Waals surface area contributed by atoms with Crippen LogP contribution in [0.25, 0.3) is 11.8 Å². The summed E-state index contributed by atoms with van der Waals surface area (Å²) in [7, 11) is 0. The number of nitrogens with one attached hydrogen (secondary N) is 1. The normalized spacial score (nSPS) is 12.1. The largest absolute Gasteiger partial charge is 0.487 e. The first-order valence-corrected chi connectivity index (χ1v) is 11.2. The van der Waals surface area contributed by atoms with Crippen molar-refractivity contribution in [1.29, 1.82) is 0 Å². The fraction of sp³-hybridized carbons (Fsp3) is 0.160. The van der Waals surface area contributed by atoms with E-state index >= 15 is 0 Å². The zero-order valence-corrected chi connectivity index (χ0v) is 18.8. The third-order valence-corrected chi connectivity index (χ3v) is 5.75. The number of benzene rings is 2. The first-order chi connectivity index (χ1) is 15.6. The number of amides is 1. The molecule has 2 heterocycles. The van der Waals surface area contributed by atoms with Gasteiger partial charge in [0, 0.05) is 35.1 Å². The number of imidazole rings is 1. The van der Waals surface area contributed by atoms with Gasteiger partial charge in [-0.2, -0.15) is 0 Å². The zero-order valence-electron chi connectivity index (χ0n) is 17.9. The Morgan fingerprint density at radius 1 is 1.22 bits per heavy atom. The second-order valence-electron chi connectivity index (χ2n) is 7.31. The van der Waals surface area contributed by atoms with E-state index in [1.165, 1.54) is 6.08 Å². The molecular formula is C25H24N4O2S. The van der Waals surface area contributed by atoms with Gasteiger partial charge >= 0.3 is 0 Å². The summed E-state index contributed by atoms with van der Waals surface area (Å²) in [5.74, 6) is 0.548. The van der Waals surface area contributed by atoms with Crippen LogP contribution < -0.4 is 10.1 Å². The van der Waals surface area contributed by atoms with E-state index in [1.807, 2.05) is 78.5 Å². The number of thiazole rings is 1. The lowest BCUT2D eigenvalue weighted by Crippen LogP contribution is -2.24. The Morgan fingerprint density at radius 3 is 2.75 bits per heavy atom. The quantitative estimate of drug-likeness (QED) is 0.384. The molecule has 0 aliphatic carbocycles. The van der Waals surface area contributed by atoms with Crippen LogP contribution in [0.15, 0.2) is 78.7 Å². The molecule has 4 aromatic rings. The van der Waals surface area contributed by atoms with E-state index in [0.717, 1.165) is 27.5 Å². The molecule has 32 heavy (non-hydrogen) atoms. The minimum atomic E-state index is -0.166. The molecule has 0 radical (unpaired) electrons. The molecule has 1 amide bonds. The highest BCUT2D eigenvalue weighted by Crippen LogP contribution is 2.21. The number of nitrogens with zero attached hydrogens (tertiary/aromatic N) is 3. The molecule has 2 aromatic heterocycles. The second-order valence-corrected chi connectivity index (χ2v) is 8.37. The zero-order chi connectivity index (χ0) is 22.3. The van der Waals surface area contributed by atoms with Gasteiger partial charge in [-0.1, -0.05) is 30.3 Å². The molecule has 0 saturated carbocycles. The van der Waals surface area contributed by atoms with Crippen molar-refractivity contribution in [2.45, 2.75) is 26.5 Å². The van der Waals surface area contributed by atoms with Crippen molar-refractivity contribution in [2.75, 3.05) is 0 Å². The van der Waals surface area contributed by atoms with E-state index in [2.05, 4.69) is 15.3 Å². The molecule has 4 rings (SSSR count). The number of aromatic nitrogens is 3. The van der Waals surface area contributed by atoms with Gasteiger partial charge in [0.15, 0.2) is 0 Å². The molecule has 7 heteroatoms. The van der Waals surface area contributed by atoms with Crippen LogP contribution in [0.4, 0.5) is 0 Å². The van der Waals surface area contributed by atoms with Gasteiger partial charge in [-0.25, -0.2) is 9.97 Å². The van der Waals surface area contributed by atoms with Gasteiger partial charge in [0.2, 0.25) is 5.91 Å². The van der Waals surface area contributed by atoms with Crippen LogP contribution in [0.5, 0.6) is 5.75 Å². The second kappa shape index (κ2) is 10.1. The van der Waals surface area contributed by atoms with E-state index in [1.54, 1.807) is 29.9 Å². The molecule has 1 N–H and O–H groups in total. The van der Waals surface area contributed by atoms with Crippen LogP contribution in [0, 0.1) is 6.92 Å². The van der Waals surface area contributed by atoms with E-state index < -0.39 is 0 Å². The maximum absolute atomic E-state index is 12.5. The summed E-state index contributed by atoms with van der Waals surface area (Å²) in [5, 5.41) is 6.01. The minimum Gasteiger partial charge on any atom is -0.487 e. The highest BCUT2D eigenvalue weighted by atomic mass is 32.1. The Kier molecular flexibility index (Phi) is 6.77. The van der Waals surface area contributed by atoms with Crippen molar-refractivity contribution < 1.29 is 9.53 Å². The molecule has 0 saturated heterocycles. The standard InChI is InChI=1S/C25H24N4O2S/c1-18(20-7-10-23(11-8-20)29-14-13-26-17-29)27-25(30)12-9-21-5-3-4-6-24(21)31-15-22-16-32-19(2)28-22/h3-14,16-18H,15H2,1-2H3,(H,27,30)/b12-9-/t18-/m1/s1. The fourth-order valence-corrected chi connectivity index (χ4v) is 3.83. The van der Waals surface area contributed by atoms with Gasteiger partial charge in [-0.05, 0) is 43.7 Å². The molecular weight excluding hydrogens is 420 g/mol. The van der Waals surface area contributed by atoms with Gasteiger partial charge in [-0.3, -0.25) is 4.79 Å². The molecule has 0 bridgehead atoms. The topological polar surface area (TPSA) is 69.0 Å². The molecule has 0 spiro atoms. The summed E-state index contributed by atoms with van der Waals surface area (Å²) in [4.78, 5) is 21.0. The molecule has 0 aliphatic rings. The van der Waals surface area contributed by atoms with Crippen molar-refractivity contribution in [3.05, 3.63) is 101 Å². The first kappa shape index (κ1) is 21.5. The third-order valence-electron chi connectivity index (χ3n) is 4.93. The SMILES string of the molecule is Cc1nc(COc2ccccc2/C=C\C(=O)N[C@H](C)c2ccc(-n3ccnc3)cc2)cs1. The Labute approximate surface area is 191 Å². The third kappa shape index (κ3) is 5.50. The summed E-state index contributed by atoms with van der Waals surface area (Å²) in [6.07, 6.45) is 8.69. The van der Waals surface area contributed by atoms with E-state index in [0.29, 0.717) is 12.4 Å². The number of aryl methyl sites for hydroxylation is 1. The summed E-state index contributed by atoms with van der Waals surface area (Å²) in [6, 6.07) is 15.5. The van der Waals surface area contributed by atoms with Crippen LogP contribution in [-0.2, 0) is 11.4 Å². The predicted octanol–water partition coefficient (Wildman–Crippen LogP) is 5.11. The molecule has 2 aromatic carbocycles. The summed E-state index contributed by atoms with van der Waals surface area (Å²) in [5.41, 5.74) is 3.79. The highest BCUT2D eigenvalue weighted by Gasteiger charge is 2.09. The lowest BCUT2D eigenvalue weighted by Gasteiger charge is -2.14. The fourth-order valence-electron chi connectivity index (χ4n) is 3.23. The number of para-hydroxylation sites is 1. The average Bonchev–Trinajstić information content (AvgIpc) is 3.49. The monoisotopic (exact) mass is 444 g/mol. The number of carbonyl (C=O) groups excluding carboxylic acids is 1. The Morgan fingerprint density at radius 2 is 2.03 bits per heavy atom. The van der Waals surface area contributed by atoms with Crippen molar-refractivity contribution in [3.63, 3.8) is 0 Å². The Balaban J connectivity index is 1.36. The van der Waals surface area contributed by atoms with Crippen LogP contribution in [0.1, 0.15) is 34.8 Å². The van der Waals surface area contributed by atoms with Crippen LogP contribution in [-0.4, -0.2) is 20.4 Å². The molecule has 6 nitrogen and oxygen atoms in total. The van der Waals surface area contributed by atoms with E-state index in [-0.39, 0.29) is 11.9 Å². The molecule has 0 fully saturated rings. The molecule has 0 unspecified atom stereocenters. The maximum Gasteiger partial charge on any atom is 0.244 e. The van der Waals surface area contributed by atoms with Crippen molar-refractivity contribution in [1.82, 2.24) is 19.9 Å². The van der Waals surface area contributed by atoms with Crippen molar-refractivity contribution >= 4 is 23.3 Å². The summed E-state index contributed by atoms with van der Waals surface area (Å²) in [6.45, 7) is 4.33. The van der Waals surface area contributed by atoms with Gasteiger partial charge < -0.3 is 14.6 Å². The van der Waals surface area contributed by atoms with Crippen molar-refractivity contribution in [3.8, 4) is 11.4 Å². The average molecular weight is 445 g/mol. The molecule has 162 valence electrons. The summed E-state index contributed by atoms with van der Waals surface area (Å²) < 4.78 is 7.85. The van der Waals surface area contributed by atoms with Crippen LogP contribution >= 0.6 is 11.3 Å². The van der Waals surface area contributed by atoms with Gasteiger partial charge in [0.05, 0.1) is 23.1 Å². The first-order valence-electron chi connectivity index (χ1n) is 10.3. The predicted molar refractivity (Wildman–Crippen MR) is 127 cm³/mol. The van der Waals surface area contributed by atoms with E-state index in [9.17, 15) is 4.79 Å². The number of rotatable bonds is 8. The number of ether oxygens (including phenoxy) is 1. The maximum atomic E-state index is 12.5. The summed E-state index contributed by atoms with van der Waals surface area (Å²) >= 11 is 1.60. The smallest absolute Gasteiger partial charge is 0.244 e. The highest BCUT2D eigenvalue weighted by molar-refractivity contribution is 7.09.